The normalized spacial score (nSPS) is 11.4. The maximum absolute atomic E-state index is 13.4. The zero-order valence-corrected chi connectivity index (χ0v) is 11.8. The minimum Gasteiger partial charge on any atom is -0.506 e. The van der Waals surface area contributed by atoms with Crippen molar-refractivity contribution in [3.8, 4) is 17.1 Å². The molecule has 0 radical (unpaired) electrons. The molecule has 3 rings (SSSR count). The molecule has 0 amide bonds. The highest BCUT2D eigenvalue weighted by Crippen LogP contribution is 2.32. The zero-order valence-electron chi connectivity index (χ0n) is 11.8. The number of halogens is 1. The van der Waals surface area contributed by atoms with Crippen molar-refractivity contribution < 1.29 is 9.50 Å². The summed E-state index contributed by atoms with van der Waals surface area (Å²) in [6, 6.07) is 9.69. The lowest BCUT2D eigenvalue weighted by atomic mass is 10.1. The van der Waals surface area contributed by atoms with Gasteiger partial charge in [-0.3, -0.25) is 0 Å². The Morgan fingerprint density at radius 1 is 1.19 bits per heavy atom. The third-order valence-electron chi connectivity index (χ3n) is 3.45. The Bertz CT molecular complexity index is 824. The predicted molar refractivity (Wildman–Crippen MR) is 81.6 cm³/mol. The number of anilines is 1. The van der Waals surface area contributed by atoms with Gasteiger partial charge in [-0.1, -0.05) is 0 Å². The summed E-state index contributed by atoms with van der Waals surface area (Å²) >= 11 is 0. The second-order valence-electron chi connectivity index (χ2n) is 5.31. The van der Waals surface area contributed by atoms with Crippen LogP contribution in [-0.2, 0) is 0 Å². The van der Waals surface area contributed by atoms with Gasteiger partial charge in [0, 0.05) is 17.7 Å². The van der Waals surface area contributed by atoms with Gasteiger partial charge in [0.1, 0.15) is 17.4 Å². The molecule has 0 aliphatic carbocycles. The van der Waals surface area contributed by atoms with Gasteiger partial charge in [-0.2, -0.15) is 0 Å². The van der Waals surface area contributed by atoms with Gasteiger partial charge in [-0.25, -0.2) is 9.37 Å². The predicted octanol–water partition coefficient (Wildman–Crippen LogP) is 3.71. The summed E-state index contributed by atoms with van der Waals surface area (Å²) in [5.41, 5.74) is 8.31. The first-order valence-corrected chi connectivity index (χ1v) is 6.73. The Hall–Kier alpha value is -2.56. The maximum Gasteiger partial charge on any atom is 0.141 e. The fourth-order valence-corrected chi connectivity index (χ4v) is 2.49. The van der Waals surface area contributed by atoms with Gasteiger partial charge in [0.25, 0.3) is 0 Å². The molecule has 0 saturated heterocycles. The van der Waals surface area contributed by atoms with Crippen molar-refractivity contribution in [2.45, 2.75) is 19.9 Å². The Labute approximate surface area is 121 Å². The molecule has 0 bridgehead atoms. The Kier molecular flexibility index (Phi) is 3.05. The number of aromatic hydroxyl groups is 1. The van der Waals surface area contributed by atoms with Gasteiger partial charge in [-0.05, 0) is 44.2 Å². The molecule has 0 spiro atoms. The van der Waals surface area contributed by atoms with E-state index in [0.29, 0.717) is 17.0 Å². The van der Waals surface area contributed by atoms with Crippen molar-refractivity contribution >= 4 is 16.7 Å². The first-order chi connectivity index (χ1) is 9.97. The van der Waals surface area contributed by atoms with Crippen LogP contribution in [0.5, 0.6) is 5.75 Å². The van der Waals surface area contributed by atoms with E-state index in [-0.39, 0.29) is 17.6 Å². The summed E-state index contributed by atoms with van der Waals surface area (Å²) in [7, 11) is 0. The number of fused-ring (bicyclic) bond motifs is 1. The highest BCUT2D eigenvalue weighted by atomic mass is 19.1. The standard InChI is InChI=1S/C16H16FN3O/c1-9(2)20-14-5-4-11(17)8-13(14)19-16(20)10-3-6-15(21)12(18)7-10/h3-9,21H,18H2,1-2H3. The summed E-state index contributed by atoms with van der Waals surface area (Å²) in [6.07, 6.45) is 0. The molecule has 0 atom stereocenters. The molecule has 5 heteroatoms. The lowest BCUT2D eigenvalue weighted by Gasteiger charge is -2.13. The third-order valence-corrected chi connectivity index (χ3v) is 3.45. The van der Waals surface area contributed by atoms with Crippen LogP contribution >= 0.6 is 0 Å². The van der Waals surface area contributed by atoms with Crippen LogP contribution in [0, 0.1) is 5.82 Å². The Morgan fingerprint density at radius 2 is 1.95 bits per heavy atom. The number of phenols is 1. The van der Waals surface area contributed by atoms with E-state index < -0.39 is 0 Å². The van der Waals surface area contributed by atoms with Crippen molar-refractivity contribution in [3.63, 3.8) is 0 Å². The van der Waals surface area contributed by atoms with Crippen LogP contribution in [0.1, 0.15) is 19.9 Å². The second kappa shape index (κ2) is 4.77. The number of nitrogens with two attached hydrogens (primary N) is 1. The number of benzene rings is 2. The minimum absolute atomic E-state index is 0.0389. The number of aromatic nitrogens is 2. The lowest BCUT2D eigenvalue weighted by Crippen LogP contribution is -2.03. The molecule has 4 nitrogen and oxygen atoms in total. The van der Waals surface area contributed by atoms with E-state index in [0.717, 1.165) is 11.1 Å². The molecule has 3 aromatic rings. The molecular weight excluding hydrogens is 269 g/mol. The molecule has 0 fully saturated rings. The van der Waals surface area contributed by atoms with E-state index in [1.165, 1.54) is 18.2 Å². The molecule has 1 heterocycles. The van der Waals surface area contributed by atoms with Gasteiger partial charge >= 0.3 is 0 Å². The zero-order chi connectivity index (χ0) is 15.1. The molecule has 2 aromatic carbocycles. The first-order valence-electron chi connectivity index (χ1n) is 6.73. The number of hydrogen-bond donors (Lipinski definition) is 2. The van der Waals surface area contributed by atoms with Crippen LogP contribution in [0.4, 0.5) is 10.1 Å². The van der Waals surface area contributed by atoms with Crippen molar-refractivity contribution in [3.05, 3.63) is 42.2 Å². The lowest BCUT2D eigenvalue weighted by molar-refractivity contribution is 0.478. The van der Waals surface area contributed by atoms with Crippen LogP contribution in [0.3, 0.4) is 0 Å². The number of phenolic OH excluding ortho intramolecular Hbond substituents is 1. The molecular formula is C16H16FN3O. The number of rotatable bonds is 2. The number of hydrogen-bond acceptors (Lipinski definition) is 3. The number of imidazole rings is 1. The fraction of sp³-hybridized carbons (Fsp3) is 0.188. The first kappa shape index (κ1) is 13.4. The summed E-state index contributed by atoms with van der Waals surface area (Å²) < 4.78 is 15.4. The molecule has 0 aliphatic heterocycles. The smallest absolute Gasteiger partial charge is 0.141 e. The van der Waals surface area contributed by atoms with Gasteiger partial charge in [0.15, 0.2) is 0 Å². The van der Waals surface area contributed by atoms with E-state index >= 15 is 0 Å². The van der Waals surface area contributed by atoms with Gasteiger partial charge < -0.3 is 15.4 Å². The van der Waals surface area contributed by atoms with Crippen molar-refractivity contribution in [1.82, 2.24) is 9.55 Å². The fourth-order valence-electron chi connectivity index (χ4n) is 2.49. The summed E-state index contributed by atoms with van der Waals surface area (Å²) in [6.45, 7) is 4.08. The van der Waals surface area contributed by atoms with Crippen LogP contribution in [0.15, 0.2) is 36.4 Å². The van der Waals surface area contributed by atoms with Gasteiger partial charge in [-0.15, -0.1) is 0 Å². The van der Waals surface area contributed by atoms with Crippen molar-refractivity contribution in [2.24, 2.45) is 0 Å². The topological polar surface area (TPSA) is 64.1 Å². The quantitative estimate of drug-likeness (QED) is 0.557. The van der Waals surface area contributed by atoms with Gasteiger partial charge in [0.05, 0.1) is 16.7 Å². The molecule has 3 N–H and O–H groups in total. The summed E-state index contributed by atoms with van der Waals surface area (Å²) in [5, 5.41) is 9.54. The summed E-state index contributed by atoms with van der Waals surface area (Å²) in [4.78, 5) is 4.52. The van der Waals surface area contributed by atoms with E-state index in [1.54, 1.807) is 18.2 Å². The SMILES string of the molecule is CC(C)n1c(-c2ccc(O)c(N)c2)nc2cc(F)ccc21. The average molecular weight is 285 g/mol. The van der Waals surface area contributed by atoms with E-state index in [4.69, 9.17) is 5.73 Å². The molecule has 0 saturated carbocycles. The monoisotopic (exact) mass is 285 g/mol. The molecule has 0 unspecified atom stereocenters. The molecule has 1 aromatic heterocycles. The second-order valence-corrected chi connectivity index (χ2v) is 5.31. The minimum atomic E-state index is -0.312. The van der Waals surface area contributed by atoms with E-state index in [1.807, 2.05) is 18.4 Å². The van der Waals surface area contributed by atoms with Crippen LogP contribution < -0.4 is 5.73 Å². The van der Waals surface area contributed by atoms with Gasteiger partial charge in [0.2, 0.25) is 0 Å². The van der Waals surface area contributed by atoms with Crippen LogP contribution in [-0.4, -0.2) is 14.7 Å². The van der Waals surface area contributed by atoms with E-state index in [9.17, 15) is 9.50 Å². The van der Waals surface area contributed by atoms with E-state index in [2.05, 4.69) is 4.98 Å². The highest BCUT2D eigenvalue weighted by molar-refractivity contribution is 5.81. The largest absolute Gasteiger partial charge is 0.506 e. The Morgan fingerprint density at radius 3 is 2.62 bits per heavy atom. The highest BCUT2D eigenvalue weighted by Gasteiger charge is 2.16. The third kappa shape index (κ3) is 2.20. The van der Waals surface area contributed by atoms with Crippen LogP contribution in [0.2, 0.25) is 0 Å². The number of nitrogens with zero attached hydrogens (tertiary/aromatic N) is 2. The Balaban J connectivity index is 2.30. The average Bonchev–Trinajstić information content (AvgIpc) is 2.80. The van der Waals surface area contributed by atoms with Crippen molar-refractivity contribution in [1.29, 1.82) is 0 Å². The van der Waals surface area contributed by atoms with Crippen LogP contribution in [0.25, 0.3) is 22.4 Å². The molecule has 0 aliphatic rings. The van der Waals surface area contributed by atoms with Crippen molar-refractivity contribution in [2.75, 3.05) is 5.73 Å². The number of nitrogen functional groups attached to an aromatic ring is 1. The molecule has 108 valence electrons. The summed E-state index contributed by atoms with van der Waals surface area (Å²) in [5.74, 6) is 0.432. The maximum atomic E-state index is 13.4. The molecule has 21 heavy (non-hydrogen) atoms.